The van der Waals surface area contributed by atoms with Gasteiger partial charge >= 0.3 is 0 Å². The van der Waals surface area contributed by atoms with Crippen LogP contribution in [0.15, 0.2) is 18.2 Å². The summed E-state index contributed by atoms with van der Waals surface area (Å²) < 4.78 is 5.45. The molecule has 0 radical (unpaired) electrons. The summed E-state index contributed by atoms with van der Waals surface area (Å²) in [6, 6.07) is 4.31. The quantitative estimate of drug-likeness (QED) is 0.674. The molecule has 0 spiro atoms. The predicted octanol–water partition coefficient (Wildman–Crippen LogP) is 0.686. The van der Waals surface area contributed by atoms with Crippen LogP contribution in [-0.4, -0.2) is 37.6 Å². The Morgan fingerprint density at radius 2 is 2.33 bits per heavy atom. The molecule has 0 saturated carbocycles. The Bertz CT molecular complexity index is 536. The van der Waals surface area contributed by atoms with Gasteiger partial charge in [-0.1, -0.05) is 11.6 Å². The molecular weight excluding hydrogens is 294 g/mol. The second kappa shape index (κ2) is 7.28. The van der Waals surface area contributed by atoms with Crippen molar-refractivity contribution in [2.75, 3.05) is 19.7 Å². The Balaban J connectivity index is 1.98. The van der Waals surface area contributed by atoms with Crippen LogP contribution in [0.2, 0.25) is 5.02 Å². The van der Waals surface area contributed by atoms with Gasteiger partial charge in [-0.3, -0.25) is 9.59 Å². The number of hydrogen-bond donors (Lipinski definition) is 3. The standard InChI is InChI=1S/C14H18ClN3O3/c15-10-8-9(2-3-12(10)21-7-1-5-16)13(19)18-11-4-6-17-14(11)20/h2-3,8,11H,1,4-7,16H2,(H,17,20)(H,18,19)/t11-/m1/s1. The van der Waals surface area contributed by atoms with Crippen molar-refractivity contribution >= 4 is 23.4 Å². The Morgan fingerprint density at radius 1 is 1.52 bits per heavy atom. The minimum atomic E-state index is -0.475. The number of nitrogens with two attached hydrogens (primary N) is 1. The fourth-order valence-electron chi connectivity index (χ4n) is 2.00. The lowest BCUT2D eigenvalue weighted by Gasteiger charge is -2.12. The maximum absolute atomic E-state index is 12.1. The van der Waals surface area contributed by atoms with Gasteiger partial charge in [-0.2, -0.15) is 0 Å². The maximum Gasteiger partial charge on any atom is 0.251 e. The number of amides is 2. The van der Waals surface area contributed by atoms with E-state index in [1.54, 1.807) is 12.1 Å². The third-order valence-electron chi connectivity index (χ3n) is 3.15. The maximum atomic E-state index is 12.1. The van der Waals surface area contributed by atoms with Gasteiger partial charge in [0.25, 0.3) is 5.91 Å². The lowest BCUT2D eigenvalue weighted by atomic mass is 10.1. The van der Waals surface area contributed by atoms with Gasteiger partial charge in [0.05, 0.1) is 11.6 Å². The lowest BCUT2D eigenvalue weighted by Crippen LogP contribution is -2.40. The fraction of sp³-hybridized carbons (Fsp3) is 0.429. The van der Waals surface area contributed by atoms with E-state index in [1.807, 2.05) is 0 Å². The minimum Gasteiger partial charge on any atom is -0.492 e. The van der Waals surface area contributed by atoms with Crippen LogP contribution >= 0.6 is 11.6 Å². The highest BCUT2D eigenvalue weighted by Crippen LogP contribution is 2.25. The van der Waals surface area contributed by atoms with E-state index in [1.165, 1.54) is 6.07 Å². The third-order valence-corrected chi connectivity index (χ3v) is 3.45. The number of carbonyl (C=O) groups excluding carboxylic acids is 2. The van der Waals surface area contributed by atoms with E-state index in [4.69, 9.17) is 22.1 Å². The highest BCUT2D eigenvalue weighted by Gasteiger charge is 2.26. The minimum absolute atomic E-state index is 0.156. The van der Waals surface area contributed by atoms with Crippen molar-refractivity contribution in [2.24, 2.45) is 5.73 Å². The van der Waals surface area contributed by atoms with E-state index in [2.05, 4.69) is 10.6 Å². The van der Waals surface area contributed by atoms with Gasteiger partial charge in [-0.15, -0.1) is 0 Å². The van der Waals surface area contributed by atoms with Gasteiger partial charge in [0.2, 0.25) is 5.91 Å². The summed E-state index contributed by atoms with van der Waals surface area (Å²) in [6.45, 7) is 1.60. The molecule has 114 valence electrons. The Kier molecular flexibility index (Phi) is 5.41. The third kappa shape index (κ3) is 4.09. The number of rotatable bonds is 6. The first-order chi connectivity index (χ1) is 10.1. The molecule has 1 saturated heterocycles. The normalized spacial score (nSPS) is 17.4. The average Bonchev–Trinajstić information content (AvgIpc) is 2.86. The van der Waals surface area contributed by atoms with Crippen molar-refractivity contribution in [1.82, 2.24) is 10.6 Å². The summed E-state index contributed by atoms with van der Waals surface area (Å²) in [5.74, 6) is 0.0314. The summed E-state index contributed by atoms with van der Waals surface area (Å²) in [5, 5.41) is 5.70. The molecule has 1 aliphatic heterocycles. The number of carbonyl (C=O) groups is 2. The molecule has 2 rings (SSSR count). The van der Waals surface area contributed by atoms with Crippen LogP contribution in [0.1, 0.15) is 23.2 Å². The van der Waals surface area contributed by atoms with Crippen LogP contribution in [0.5, 0.6) is 5.75 Å². The number of halogens is 1. The van der Waals surface area contributed by atoms with E-state index in [9.17, 15) is 9.59 Å². The molecule has 6 nitrogen and oxygen atoms in total. The molecule has 2 amide bonds. The first kappa shape index (κ1) is 15.6. The fourth-order valence-corrected chi connectivity index (χ4v) is 2.23. The van der Waals surface area contributed by atoms with E-state index in [0.29, 0.717) is 42.5 Å². The molecule has 1 aromatic carbocycles. The summed E-state index contributed by atoms with van der Waals surface area (Å²) >= 11 is 6.08. The van der Waals surface area contributed by atoms with E-state index in [-0.39, 0.29) is 11.8 Å². The van der Waals surface area contributed by atoms with Crippen molar-refractivity contribution in [3.63, 3.8) is 0 Å². The Labute approximate surface area is 128 Å². The Hall–Kier alpha value is -1.79. The number of hydrogen-bond acceptors (Lipinski definition) is 4. The van der Waals surface area contributed by atoms with Crippen LogP contribution < -0.4 is 21.1 Å². The molecule has 1 heterocycles. The van der Waals surface area contributed by atoms with Gasteiger partial charge in [-0.05, 0) is 37.6 Å². The molecule has 1 fully saturated rings. The summed E-state index contributed by atoms with van der Waals surface area (Å²) in [6.07, 6.45) is 1.33. The van der Waals surface area contributed by atoms with E-state index in [0.717, 1.165) is 6.42 Å². The second-order valence-electron chi connectivity index (χ2n) is 4.74. The van der Waals surface area contributed by atoms with Crippen LogP contribution in [0, 0.1) is 0 Å². The van der Waals surface area contributed by atoms with E-state index >= 15 is 0 Å². The molecule has 0 unspecified atom stereocenters. The predicted molar refractivity (Wildman–Crippen MR) is 79.5 cm³/mol. The van der Waals surface area contributed by atoms with Gasteiger partial charge in [0.1, 0.15) is 11.8 Å². The van der Waals surface area contributed by atoms with Gasteiger partial charge in [0.15, 0.2) is 0 Å². The van der Waals surface area contributed by atoms with Gasteiger partial charge in [0, 0.05) is 12.1 Å². The van der Waals surface area contributed by atoms with Crippen molar-refractivity contribution in [1.29, 1.82) is 0 Å². The van der Waals surface area contributed by atoms with Crippen LogP contribution in [0.4, 0.5) is 0 Å². The molecule has 0 aromatic heterocycles. The molecule has 0 bridgehead atoms. The van der Waals surface area contributed by atoms with Crippen molar-refractivity contribution in [3.8, 4) is 5.75 Å². The molecule has 1 atom stereocenters. The van der Waals surface area contributed by atoms with Crippen LogP contribution in [0.3, 0.4) is 0 Å². The van der Waals surface area contributed by atoms with Crippen molar-refractivity contribution < 1.29 is 14.3 Å². The summed E-state index contributed by atoms with van der Waals surface area (Å²) in [5.41, 5.74) is 5.78. The Morgan fingerprint density at radius 3 is 2.95 bits per heavy atom. The smallest absolute Gasteiger partial charge is 0.251 e. The summed E-state index contributed by atoms with van der Waals surface area (Å²) in [4.78, 5) is 23.5. The zero-order chi connectivity index (χ0) is 15.2. The largest absolute Gasteiger partial charge is 0.492 e. The van der Waals surface area contributed by atoms with Crippen molar-refractivity contribution in [3.05, 3.63) is 28.8 Å². The first-order valence-corrected chi connectivity index (χ1v) is 7.20. The van der Waals surface area contributed by atoms with Crippen LogP contribution in [0.25, 0.3) is 0 Å². The second-order valence-corrected chi connectivity index (χ2v) is 5.15. The first-order valence-electron chi connectivity index (χ1n) is 6.83. The monoisotopic (exact) mass is 311 g/mol. The molecule has 21 heavy (non-hydrogen) atoms. The molecule has 1 aliphatic rings. The lowest BCUT2D eigenvalue weighted by molar-refractivity contribution is -0.120. The number of nitrogens with one attached hydrogen (secondary N) is 2. The molecule has 0 aliphatic carbocycles. The van der Waals surface area contributed by atoms with Crippen molar-refractivity contribution in [2.45, 2.75) is 18.9 Å². The van der Waals surface area contributed by atoms with E-state index < -0.39 is 6.04 Å². The summed E-state index contributed by atoms with van der Waals surface area (Å²) in [7, 11) is 0. The number of benzene rings is 1. The molecular formula is C14H18ClN3O3. The SMILES string of the molecule is NCCCOc1ccc(C(=O)N[C@@H]2CCNC2=O)cc1Cl. The zero-order valence-corrected chi connectivity index (χ0v) is 12.3. The highest BCUT2D eigenvalue weighted by molar-refractivity contribution is 6.32. The number of ether oxygens (including phenoxy) is 1. The molecule has 7 heteroatoms. The average molecular weight is 312 g/mol. The molecule has 4 N–H and O–H groups in total. The van der Waals surface area contributed by atoms with Gasteiger partial charge in [-0.25, -0.2) is 0 Å². The molecule has 1 aromatic rings. The highest BCUT2D eigenvalue weighted by atomic mass is 35.5. The topological polar surface area (TPSA) is 93.4 Å². The van der Waals surface area contributed by atoms with Crippen LogP contribution in [-0.2, 0) is 4.79 Å². The zero-order valence-electron chi connectivity index (χ0n) is 11.5. The van der Waals surface area contributed by atoms with Gasteiger partial charge < -0.3 is 21.1 Å².